The minimum Gasteiger partial charge on any atom is -0.314 e. The van der Waals surface area contributed by atoms with E-state index >= 15 is 0 Å². The highest BCUT2D eigenvalue weighted by Crippen LogP contribution is 2.29. The third-order valence-electron chi connectivity index (χ3n) is 4.71. The van der Waals surface area contributed by atoms with Gasteiger partial charge in [-0.15, -0.1) is 0 Å². The highest BCUT2D eigenvalue weighted by Gasteiger charge is 2.22. The molecule has 0 bridgehead atoms. The molecular formula is C19H26N2. The molecule has 1 fully saturated rings. The Kier molecular flexibility index (Phi) is 4.87. The molecule has 1 aliphatic carbocycles. The summed E-state index contributed by atoms with van der Waals surface area (Å²) in [7, 11) is 0. The molecule has 2 atom stereocenters. The number of nitrogens with zero attached hydrogens (tertiary/aromatic N) is 1. The molecule has 0 aliphatic heterocycles. The van der Waals surface area contributed by atoms with Gasteiger partial charge in [0.1, 0.15) is 0 Å². The van der Waals surface area contributed by atoms with Crippen LogP contribution >= 0.6 is 0 Å². The second-order valence-electron chi connectivity index (χ2n) is 6.38. The van der Waals surface area contributed by atoms with Crippen LogP contribution in [-0.4, -0.2) is 17.6 Å². The number of benzene rings is 1. The first kappa shape index (κ1) is 14.5. The average Bonchev–Trinajstić information content (AvgIpc) is 2.54. The van der Waals surface area contributed by atoms with Crippen molar-refractivity contribution in [3.05, 3.63) is 42.1 Å². The van der Waals surface area contributed by atoms with Crippen molar-refractivity contribution in [3.8, 4) is 0 Å². The number of hydrogen-bond donors (Lipinski definition) is 1. The highest BCUT2D eigenvalue weighted by molar-refractivity contribution is 5.81. The number of rotatable bonds is 5. The van der Waals surface area contributed by atoms with E-state index in [1.54, 1.807) is 0 Å². The second-order valence-corrected chi connectivity index (χ2v) is 6.38. The summed E-state index contributed by atoms with van der Waals surface area (Å²) in [5.41, 5.74) is 2.60. The zero-order valence-electron chi connectivity index (χ0n) is 13.0. The fraction of sp³-hybridized carbons (Fsp3) is 0.526. The molecule has 0 saturated heterocycles. The number of para-hydroxylation sites is 1. The van der Waals surface area contributed by atoms with Gasteiger partial charge in [-0.05, 0) is 55.8 Å². The molecule has 3 rings (SSSR count). The molecule has 0 amide bonds. The van der Waals surface area contributed by atoms with E-state index < -0.39 is 0 Å². The standard InChI is InChI=1S/C19H26N2/c1-2-11-20-17-7-5-6-15(14-17)13-16-10-12-21-19-9-4-3-8-18(16)19/h3-4,8-10,12,15,17,20H,2,5-7,11,13-14H2,1H3. The van der Waals surface area contributed by atoms with E-state index in [9.17, 15) is 0 Å². The van der Waals surface area contributed by atoms with E-state index in [1.165, 1.54) is 49.5 Å². The molecule has 1 aromatic carbocycles. The van der Waals surface area contributed by atoms with Gasteiger partial charge < -0.3 is 5.32 Å². The molecule has 1 aromatic heterocycles. The number of pyridine rings is 1. The van der Waals surface area contributed by atoms with Gasteiger partial charge in [0, 0.05) is 17.6 Å². The minimum atomic E-state index is 0.733. The topological polar surface area (TPSA) is 24.9 Å². The molecular weight excluding hydrogens is 256 g/mol. The largest absolute Gasteiger partial charge is 0.314 e. The molecule has 2 unspecified atom stereocenters. The van der Waals surface area contributed by atoms with Crippen LogP contribution in [0, 0.1) is 5.92 Å². The third kappa shape index (κ3) is 3.62. The molecule has 21 heavy (non-hydrogen) atoms. The van der Waals surface area contributed by atoms with Crippen molar-refractivity contribution in [1.82, 2.24) is 10.3 Å². The van der Waals surface area contributed by atoms with Crippen molar-refractivity contribution in [3.63, 3.8) is 0 Å². The second kappa shape index (κ2) is 7.04. The minimum absolute atomic E-state index is 0.733. The quantitative estimate of drug-likeness (QED) is 0.882. The summed E-state index contributed by atoms with van der Waals surface area (Å²) in [6.45, 7) is 3.41. The lowest BCUT2D eigenvalue weighted by atomic mass is 9.81. The van der Waals surface area contributed by atoms with Crippen molar-refractivity contribution in [2.45, 2.75) is 51.5 Å². The predicted molar refractivity (Wildman–Crippen MR) is 89.5 cm³/mol. The van der Waals surface area contributed by atoms with Crippen LogP contribution in [0.5, 0.6) is 0 Å². The van der Waals surface area contributed by atoms with E-state index in [2.05, 4.69) is 47.6 Å². The summed E-state index contributed by atoms with van der Waals surface area (Å²) in [6, 6.07) is 11.5. The Bertz CT molecular complexity index is 573. The Morgan fingerprint density at radius 1 is 1.19 bits per heavy atom. The molecule has 0 spiro atoms. The molecule has 0 radical (unpaired) electrons. The lowest BCUT2D eigenvalue weighted by Gasteiger charge is -2.30. The first-order chi connectivity index (χ1) is 10.4. The van der Waals surface area contributed by atoms with Crippen LogP contribution in [0.25, 0.3) is 10.9 Å². The Morgan fingerprint density at radius 2 is 2.10 bits per heavy atom. The SMILES string of the molecule is CCCNC1CCCC(Cc2ccnc3ccccc23)C1. The van der Waals surface area contributed by atoms with Gasteiger partial charge in [-0.2, -0.15) is 0 Å². The van der Waals surface area contributed by atoms with Gasteiger partial charge in [0.25, 0.3) is 0 Å². The van der Waals surface area contributed by atoms with Crippen molar-refractivity contribution in [1.29, 1.82) is 0 Å². The molecule has 112 valence electrons. The third-order valence-corrected chi connectivity index (χ3v) is 4.71. The number of hydrogen-bond acceptors (Lipinski definition) is 2. The van der Waals surface area contributed by atoms with Gasteiger partial charge in [0.05, 0.1) is 5.52 Å². The summed E-state index contributed by atoms with van der Waals surface area (Å²) in [6.07, 6.45) is 9.83. The normalized spacial score (nSPS) is 22.5. The fourth-order valence-corrected chi connectivity index (χ4v) is 3.65. The molecule has 2 heteroatoms. The van der Waals surface area contributed by atoms with E-state index in [0.29, 0.717) is 0 Å². The summed E-state index contributed by atoms with van der Waals surface area (Å²) in [5.74, 6) is 0.818. The van der Waals surface area contributed by atoms with Crippen molar-refractivity contribution in [2.24, 2.45) is 5.92 Å². The molecule has 2 nitrogen and oxygen atoms in total. The Balaban J connectivity index is 1.70. The number of nitrogens with one attached hydrogen (secondary N) is 1. The van der Waals surface area contributed by atoms with Crippen LogP contribution in [0.4, 0.5) is 0 Å². The number of aromatic nitrogens is 1. The zero-order chi connectivity index (χ0) is 14.5. The Labute approximate surface area is 128 Å². The van der Waals surface area contributed by atoms with Gasteiger partial charge in [0.2, 0.25) is 0 Å². The molecule has 1 N–H and O–H groups in total. The van der Waals surface area contributed by atoms with E-state index in [-0.39, 0.29) is 0 Å². The van der Waals surface area contributed by atoms with Crippen molar-refractivity contribution < 1.29 is 0 Å². The highest BCUT2D eigenvalue weighted by atomic mass is 14.9. The van der Waals surface area contributed by atoms with Crippen molar-refractivity contribution >= 4 is 10.9 Å². The predicted octanol–water partition coefficient (Wildman–Crippen LogP) is 4.34. The van der Waals surface area contributed by atoms with Gasteiger partial charge in [-0.1, -0.05) is 38.0 Å². The zero-order valence-corrected chi connectivity index (χ0v) is 13.0. The van der Waals surface area contributed by atoms with Crippen LogP contribution in [0.2, 0.25) is 0 Å². The Morgan fingerprint density at radius 3 is 3.00 bits per heavy atom. The molecule has 2 aromatic rings. The van der Waals surface area contributed by atoms with Gasteiger partial charge in [-0.25, -0.2) is 0 Å². The molecule has 1 saturated carbocycles. The molecule has 1 aliphatic rings. The van der Waals surface area contributed by atoms with Gasteiger partial charge in [0.15, 0.2) is 0 Å². The molecule has 1 heterocycles. The summed E-state index contributed by atoms with van der Waals surface area (Å²) in [5, 5.41) is 5.05. The summed E-state index contributed by atoms with van der Waals surface area (Å²) < 4.78 is 0. The maximum atomic E-state index is 4.48. The van der Waals surface area contributed by atoms with Crippen molar-refractivity contribution in [2.75, 3.05) is 6.54 Å². The lowest BCUT2D eigenvalue weighted by Crippen LogP contribution is -2.35. The first-order valence-corrected chi connectivity index (χ1v) is 8.43. The van der Waals surface area contributed by atoms with Gasteiger partial charge in [-0.3, -0.25) is 4.98 Å². The van der Waals surface area contributed by atoms with Gasteiger partial charge >= 0.3 is 0 Å². The monoisotopic (exact) mass is 282 g/mol. The van der Waals surface area contributed by atoms with E-state index in [0.717, 1.165) is 24.0 Å². The summed E-state index contributed by atoms with van der Waals surface area (Å²) in [4.78, 5) is 4.48. The van der Waals surface area contributed by atoms with Crippen LogP contribution in [0.1, 0.15) is 44.6 Å². The lowest BCUT2D eigenvalue weighted by molar-refractivity contribution is 0.285. The summed E-state index contributed by atoms with van der Waals surface area (Å²) >= 11 is 0. The Hall–Kier alpha value is -1.41. The van der Waals surface area contributed by atoms with Crippen LogP contribution in [0.15, 0.2) is 36.5 Å². The first-order valence-electron chi connectivity index (χ1n) is 8.43. The maximum absolute atomic E-state index is 4.48. The van der Waals surface area contributed by atoms with E-state index in [4.69, 9.17) is 0 Å². The van der Waals surface area contributed by atoms with Crippen LogP contribution in [-0.2, 0) is 6.42 Å². The fourth-order valence-electron chi connectivity index (χ4n) is 3.65. The number of fused-ring (bicyclic) bond motifs is 1. The van der Waals surface area contributed by atoms with Crippen LogP contribution in [0.3, 0.4) is 0 Å². The smallest absolute Gasteiger partial charge is 0.0704 e. The maximum Gasteiger partial charge on any atom is 0.0704 e. The van der Waals surface area contributed by atoms with E-state index in [1.807, 2.05) is 6.20 Å². The average molecular weight is 282 g/mol. The van der Waals surface area contributed by atoms with Crippen LogP contribution < -0.4 is 5.32 Å².